The lowest BCUT2D eigenvalue weighted by atomic mass is 9.93. The van der Waals surface area contributed by atoms with E-state index in [0.29, 0.717) is 36.9 Å². The van der Waals surface area contributed by atoms with E-state index in [4.69, 9.17) is 40.3 Å². The number of rotatable bonds is 12. The van der Waals surface area contributed by atoms with Crippen LogP contribution in [0.3, 0.4) is 0 Å². The van der Waals surface area contributed by atoms with E-state index in [9.17, 15) is 4.79 Å². The van der Waals surface area contributed by atoms with E-state index >= 15 is 0 Å². The number of amides is 1. The van der Waals surface area contributed by atoms with Gasteiger partial charge in [-0.1, -0.05) is 85.8 Å². The molecule has 8 nitrogen and oxygen atoms in total. The van der Waals surface area contributed by atoms with E-state index in [1.54, 1.807) is 11.3 Å². The maximum Gasteiger partial charge on any atom is 0.373 e. The highest BCUT2D eigenvalue weighted by Gasteiger charge is 2.25. The Morgan fingerprint density at radius 1 is 1.02 bits per heavy atom. The summed E-state index contributed by atoms with van der Waals surface area (Å²) in [6.07, 6.45) is 0.909. The van der Waals surface area contributed by atoms with Crippen LogP contribution in [0.15, 0.2) is 29.6 Å². The summed E-state index contributed by atoms with van der Waals surface area (Å²) in [5.41, 5.74) is 2.29. The second-order valence-corrected chi connectivity index (χ2v) is 20.8. The average Bonchev–Trinajstić information content (AvgIpc) is 3.32. The van der Waals surface area contributed by atoms with Crippen LogP contribution in [0.1, 0.15) is 76.8 Å². The summed E-state index contributed by atoms with van der Waals surface area (Å²) < 4.78 is 11.4. The molecule has 1 heterocycles. The first-order valence-corrected chi connectivity index (χ1v) is 19.1. The molecule has 0 fully saturated rings. The zero-order chi connectivity index (χ0) is 33.4. The van der Waals surface area contributed by atoms with E-state index in [1.165, 1.54) is 10.4 Å². The van der Waals surface area contributed by atoms with Gasteiger partial charge in [0.15, 0.2) is 6.79 Å². The number of ether oxygens (including phenoxy) is 2. The Morgan fingerprint density at radius 3 is 2.07 bits per heavy atom. The molecular formula is C32H48ClNO7SSi. The summed E-state index contributed by atoms with van der Waals surface area (Å²) in [6, 6.07) is 9.07. The largest absolute Gasteiger partial charge is 0.468 e. The summed E-state index contributed by atoms with van der Waals surface area (Å²) in [7, 11) is -1.11. The number of halogens is 1. The SMILES string of the molecule is CC(CC(=O)N(Cc1csc(C(C)(C)C)c1)CC(C)(C)C)c1ccc(OCOCC[Si](C)(C)C)cc1Cl.O=C=O.O=C=O. The predicted molar refractivity (Wildman–Crippen MR) is 172 cm³/mol. The molecule has 1 atom stereocenters. The fourth-order valence-corrected chi connectivity index (χ4v) is 6.03. The minimum absolute atomic E-state index is 0.00266. The summed E-state index contributed by atoms with van der Waals surface area (Å²) in [6.45, 7) is 24.5. The van der Waals surface area contributed by atoms with Crippen molar-refractivity contribution in [3.8, 4) is 5.75 Å². The minimum atomic E-state index is -1.11. The van der Waals surface area contributed by atoms with Crippen molar-refractivity contribution < 1.29 is 33.4 Å². The van der Waals surface area contributed by atoms with Crippen LogP contribution in [0, 0.1) is 5.41 Å². The molecule has 2 aromatic rings. The normalized spacial score (nSPS) is 12.0. The first-order valence-electron chi connectivity index (χ1n) is 14.1. The fourth-order valence-electron chi connectivity index (χ4n) is 3.92. The molecule has 0 saturated carbocycles. The van der Waals surface area contributed by atoms with Crippen LogP contribution in [0.25, 0.3) is 0 Å². The molecule has 1 aromatic heterocycles. The molecule has 0 N–H and O–H groups in total. The lowest BCUT2D eigenvalue weighted by Gasteiger charge is -2.31. The predicted octanol–water partition coefficient (Wildman–Crippen LogP) is 7.79. The molecule has 1 aromatic carbocycles. The summed E-state index contributed by atoms with van der Waals surface area (Å²) in [4.78, 5) is 49.4. The van der Waals surface area contributed by atoms with Gasteiger partial charge >= 0.3 is 12.3 Å². The number of carbonyl (C=O) groups excluding carboxylic acids is 5. The highest BCUT2D eigenvalue weighted by atomic mass is 35.5. The number of hydrogen-bond acceptors (Lipinski definition) is 8. The summed E-state index contributed by atoms with van der Waals surface area (Å²) >= 11 is 8.41. The Bertz CT molecular complexity index is 1190. The third-order valence-electron chi connectivity index (χ3n) is 6.07. The Labute approximate surface area is 267 Å². The Kier molecular flexibility index (Phi) is 17.8. The molecule has 240 valence electrons. The molecule has 1 amide bonds. The van der Waals surface area contributed by atoms with Crippen LogP contribution in [-0.4, -0.2) is 51.1 Å². The van der Waals surface area contributed by atoms with Gasteiger partial charge in [0.2, 0.25) is 5.91 Å². The molecule has 0 spiro atoms. The lowest BCUT2D eigenvalue weighted by Crippen LogP contribution is -2.37. The van der Waals surface area contributed by atoms with E-state index < -0.39 is 8.07 Å². The van der Waals surface area contributed by atoms with Crippen molar-refractivity contribution in [2.45, 2.75) is 98.4 Å². The van der Waals surface area contributed by atoms with Crippen molar-refractivity contribution in [2.24, 2.45) is 5.41 Å². The molecule has 0 bridgehead atoms. The standard InChI is InChI=1S/C30H48ClNO3SSi.2CO2/c1-22(25-12-11-24(17-26(25)31)35-21-34-13-14-37(8,9)10)15-28(33)32(20-29(2,3)4)18-23-16-27(36-19-23)30(5,6)7;2*2-1-3/h11-12,16-17,19,22H,13-15,18,20-21H2,1-10H3;;. The maximum atomic E-state index is 13.5. The van der Waals surface area contributed by atoms with Gasteiger partial charge < -0.3 is 14.4 Å². The second kappa shape index (κ2) is 18.9. The molecule has 1 unspecified atom stereocenters. The highest BCUT2D eigenvalue weighted by Crippen LogP contribution is 2.33. The van der Waals surface area contributed by atoms with Gasteiger partial charge in [-0.25, -0.2) is 0 Å². The van der Waals surface area contributed by atoms with Crippen molar-refractivity contribution in [3.63, 3.8) is 0 Å². The van der Waals surface area contributed by atoms with Gasteiger partial charge in [0.05, 0.1) is 0 Å². The van der Waals surface area contributed by atoms with Crippen molar-refractivity contribution in [2.75, 3.05) is 19.9 Å². The highest BCUT2D eigenvalue weighted by molar-refractivity contribution is 7.10. The quantitative estimate of drug-likeness (QED) is 0.131. The Hall–Kier alpha value is -2.58. The summed E-state index contributed by atoms with van der Waals surface area (Å²) in [5.74, 6) is 0.831. The number of nitrogens with zero attached hydrogens (tertiary/aromatic N) is 1. The van der Waals surface area contributed by atoms with Gasteiger partial charge in [0.1, 0.15) is 5.75 Å². The summed E-state index contributed by atoms with van der Waals surface area (Å²) in [5, 5.41) is 2.81. The van der Waals surface area contributed by atoms with Crippen molar-refractivity contribution in [1.29, 1.82) is 0 Å². The topological polar surface area (TPSA) is 107 Å². The van der Waals surface area contributed by atoms with Crippen LogP contribution in [-0.2, 0) is 40.7 Å². The van der Waals surface area contributed by atoms with Crippen molar-refractivity contribution >= 4 is 49.2 Å². The Balaban J connectivity index is 0.00000270. The van der Waals surface area contributed by atoms with Gasteiger partial charge in [-0.2, -0.15) is 19.2 Å². The van der Waals surface area contributed by atoms with Crippen LogP contribution >= 0.6 is 22.9 Å². The smallest absolute Gasteiger partial charge is 0.373 e. The monoisotopic (exact) mass is 653 g/mol. The molecule has 11 heteroatoms. The Morgan fingerprint density at radius 2 is 1.60 bits per heavy atom. The van der Waals surface area contributed by atoms with Crippen LogP contribution in [0.2, 0.25) is 30.7 Å². The fraction of sp³-hybridized carbons (Fsp3) is 0.594. The van der Waals surface area contributed by atoms with Gasteiger partial charge in [0, 0.05) is 44.1 Å². The van der Waals surface area contributed by atoms with E-state index in [-0.39, 0.29) is 41.8 Å². The average molecular weight is 654 g/mol. The van der Waals surface area contributed by atoms with Crippen molar-refractivity contribution in [3.05, 3.63) is 50.7 Å². The number of carbonyl (C=O) groups is 1. The van der Waals surface area contributed by atoms with Gasteiger partial charge in [0.25, 0.3) is 0 Å². The lowest BCUT2D eigenvalue weighted by molar-refractivity contribution is -0.193. The zero-order valence-corrected chi connectivity index (χ0v) is 29.9. The minimum Gasteiger partial charge on any atom is -0.468 e. The molecular weight excluding hydrogens is 606 g/mol. The first-order chi connectivity index (χ1) is 19.8. The van der Waals surface area contributed by atoms with Gasteiger partial charge in [-0.15, -0.1) is 11.3 Å². The number of hydrogen-bond donors (Lipinski definition) is 0. The number of thiophene rings is 1. The molecule has 0 aliphatic heterocycles. The van der Waals surface area contributed by atoms with Crippen molar-refractivity contribution in [1.82, 2.24) is 4.90 Å². The molecule has 0 aliphatic rings. The molecule has 0 radical (unpaired) electrons. The van der Waals surface area contributed by atoms with Gasteiger partial charge in [-0.05, 0) is 57.5 Å². The number of benzene rings is 1. The maximum absolute atomic E-state index is 13.5. The molecule has 0 saturated heterocycles. The first kappa shape index (κ1) is 40.4. The van der Waals surface area contributed by atoms with E-state index in [0.717, 1.165) is 11.6 Å². The van der Waals surface area contributed by atoms with Gasteiger partial charge in [-0.3, -0.25) is 4.79 Å². The van der Waals surface area contributed by atoms with E-state index in [2.05, 4.69) is 79.6 Å². The molecule has 2 rings (SSSR count). The third-order valence-corrected chi connectivity index (χ3v) is 9.51. The van der Waals surface area contributed by atoms with Crippen LogP contribution < -0.4 is 4.74 Å². The van der Waals surface area contributed by atoms with E-state index in [1.807, 2.05) is 23.1 Å². The third kappa shape index (κ3) is 18.0. The van der Waals surface area contributed by atoms with Crippen LogP contribution in [0.5, 0.6) is 5.75 Å². The second-order valence-electron chi connectivity index (χ2n) is 13.8. The zero-order valence-electron chi connectivity index (χ0n) is 27.3. The molecule has 43 heavy (non-hydrogen) atoms. The van der Waals surface area contributed by atoms with Crippen LogP contribution in [0.4, 0.5) is 0 Å². The molecule has 0 aliphatic carbocycles.